The number of aliphatic hydroxyl groups excluding tert-OH is 1. The molecule has 0 unspecified atom stereocenters. The number of nitrogens with one attached hydrogen (secondary N) is 1. The molecule has 2 rings (SSSR count). The van der Waals surface area contributed by atoms with Crippen LogP contribution in [-0.2, 0) is 4.79 Å². The van der Waals surface area contributed by atoms with Crippen molar-refractivity contribution in [1.82, 2.24) is 15.1 Å². The monoisotopic (exact) mass is 297 g/mol. The largest absolute Gasteiger partial charge is 0.391 e. The van der Waals surface area contributed by atoms with Gasteiger partial charge in [-0.25, -0.2) is 0 Å². The summed E-state index contributed by atoms with van der Waals surface area (Å²) in [6.07, 6.45) is 2.01. The molecule has 2 fully saturated rings. The second-order valence-corrected chi connectivity index (χ2v) is 7.35. The van der Waals surface area contributed by atoms with Gasteiger partial charge < -0.3 is 20.2 Å². The summed E-state index contributed by atoms with van der Waals surface area (Å²) in [5, 5.41) is 13.5. The number of hydrogen-bond acceptors (Lipinski definition) is 4. The molecule has 0 spiro atoms. The van der Waals surface area contributed by atoms with E-state index >= 15 is 0 Å². The average Bonchev–Trinajstić information content (AvgIpc) is 2.42. The number of β-amino-alcohol motifs (C(OH)–C–C–N with tert-alkyl or cyclic N) is 1. The Morgan fingerprint density at radius 2 is 2.10 bits per heavy atom. The summed E-state index contributed by atoms with van der Waals surface area (Å²) in [5.74, 6) is 0.202. The highest BCUT2D eigenvalue weighted by Crippen LogP contribution is 2.30. The van der Waals surface area contributed by atoms with Crippen molar-refractivity contribution in [2.24, 2.45) is 5.41 Å². The maximum absolute atomic E-state index is 12.2. The Morgan fingerprint density at radius 1 is 1.33 bits per heavy atom. The standard InChI is InChI=1S/C16H31N3O2/c1-13-11-18(10-7-17-13)8-4-5-15(21)19-9-6-16(2,3)14(20)12-19/h13-14,17,20H,4-12H2,1-3H3/t13-,14+/m0/s1. The van der Waals surface area contributed by atoms with Crippen molar-refractivity contribution >= 4 is 5.91 Å². The van der Waals surface area contributed by atoms with E-state index in [1.54, 1.807) is 0 Å². The van der Waals surface area contributed by atoms with Crippen LogP contribution in [0.1, 0.15) is 40.0 Å². The molecule has 0 saturated carbocycles. The zero-order valence-electron chi connectivity index (χ0n) is 13.8. The number of piperazine rings is 1. The van der Waals surface area contributed by atoms with Crippen molar-refractivity contribution in [2.75, 3.05) is 39.3 Å². The van der Waals surface area contributed by atoms with Gasteiger partial charge in [0.25, 0.3) is 0 Å². The molecule has 0 aromatic heterocycles. The van der Waals surface area contributed by atoms with Crippen LogP contribution in [0.2, 0.25) is 0 Å². The fraction of sp³-hybridized carbons (Fsp3) is 0.938. The summed E-state index contributed by atoms with van der Waals surface area (Å²) in [7, 11) is 0. The quantitative estimate of drug-likeness (QED) is 0.801. The number of hydrogen-bond donors (Lipinski definition) is 2. The molecular weight excluding hydrogens is 266 g/mol. The first-order valence-electron chi connectivity index (χ1n) is 8.30. The summed E-state index contributed by atoms with van der Waals surface area (Å²) in [5.41, 5.74) is -0.0618. The van der Waals surface area contributed by atoms with E-state index in [1.807, 2.05) is 4.90 Å². The molecule has 0 aromatic rings. The van der Waals surface area contributed by atoms with Gasteiger partial charge in [0.15, 0.2) is 0 Å². The van der Waals surface area contributed by atoms with Crippen molar-refractivity contribution in [3.8, 4) is 0 Å². The highest BCUT2D eigenvalue weighted by atomic mass is 16.3. The maximum atomic E-state index is 12.2. The van der Waals surface area contributed by atoms with E-state index < -0.39 is 6.10 Å². The van der Waals surface area contributed by atoms with Gasteiger partial charge in [0.2, 0.25) is 5.91 Å². The Bertz CT molecular complexity index is 359. The van der Waals surface area contributed by atoms with Gasteiger partial charge in [-0.15, -0.1) is 0 Å². The average molecular weight is 297 g/mol. The Balaban J connectivity index is 1.68. The molecule has 2 heterocycles. The molecule has 0 radical (unpaired) electrons. The van der Waals surface area contributed by atoms with Crippen LogP contribution in [0.4, 0.5) is 0 Å². The number of carbonyl (C=O) groups excluding carboxylic acids is 1. The van der Waals surface area contributed by atoms with Crippen LogP contribution in [0.5, 0.6) is 0 Å². The van der Waals surface area contributed by atoms with E-state index in [4.69, 9.17) is 0 Å². The maximum Gasteiger partial charge on any atom is 0.222 e. The summed E-state index contributed by atoms with van der Waals surface area (Å²) in [6.45, 7) is 11.8. The van der Waals surface area contributed by atoms with Gasteiger partial charge in [0, 0.05) is 45.2 Å². The van der Waals surface area contributed by atoms with E-state index in [9.17, 15) is 9.90 Å². The molecule has 1 amide bonds. The van der Waals surface area contributed by atoms with Crippen molar-refractivity contribution < 1.29 is 9.90 Å². The lowest BCUT2D eigenvalue weighted by Gasteiger charge is -2.41. The van der Waals surface area contributed by atoms with Crippen LogP contribution in [0.25, 0.3) is 0 Å². The molecule has 2 aliphatic heterocycles. The predicted octanol–water partition coefficient (Wildman–Crippen LogP) is 0.680. The first kappa shape index (κ1) is 16.7. The number of amides is 1. The molecule has 5 nitrogen and oxygen atoms in total. The highest BCUT2D eigenvalue weighted by molar-refractivity contribution is 5.76. The fourth-order valence-electron chi connectivity index (χ4n) is 3.19. The van der Waals surface area contributed by atoms with Gasteiger partial charge in [-0.2, -0.15) is 0 Å². The number of rotatable bonds is 4. The van der Waals surface area contributed by atoms with E-state index in [-0.39, 0.29) is 11.3 Å². The lowest BCUT2D eigenvalue weighted by atomic mass is 9.80. The van der Waals surface area contributed by atoms with Gasteiger partial charge in [-0.05, 0) is 31.7 Å². The van der Waals surface area contributed by atoms with Gasteiger partial charge in [-0.3, -0.25) is 4.79 Å². The highest BCUT2D eigenvalue weighted by Gasteiger charge is 2.35. The van der Waals surface area contributed by atoms with Crippen LogP contribution >= 0.6 is 0 Å². The molecule has 0 bridgehead atoms. The van der Waals surface area contributed by atoms with E-state index in [1.165, 1.54) is 0 Å². The number of aliphatic hydroxyl groups is 1. The minimum Gasteiger partial charge on any atom is -0.391 e. The summed E-state index contributed by atoms with van der Waals surface area (Å²) in [4.78, 5) is 16.5. The van der Waals surface area contributed by atoms with Crippen LogP contribution in [0.15, 0.2) is 0 Å². The molecule has 2 saturated heterocycles. The van der Waals surface area contributed by atoms with Crippen molar-refractivity contribution in [1.29, 1.82) is 0 Å². The lowest BCUT2D eigenvalue weighted by Crippen LogP contribution is -2.51. The Morgan fingerprint density at radius 3 is 2.76 bits per heavy atom. The van der Waals surface area contributed by atoms with Crippen LogP contribution in [0.3, 0.4) is 0 Å². The lowest BCUT2D eigenvalue weighted by molar-refractivity contribution is -0.138. The minimum atomic E-state index is -0.399. The van der Waals surface area contributed by atoms with Gasteiger partial charge in [0.1, 0.15) is 0 Å². The zero-order chi connectivity index (χ0) is 15.5. The molecule has 2 aliphatic rings. The fourth-order valence-corrected chi connectivity index (χ4v) is 3.19. The Labute approximate surface area is 128 Å². The molecule has 2 N–H and O–H groups in total. The molecule has 5 heteroatoms. The molecule has 2 atom stereocenters. The van der Waals surface area contributed by atoms with E-state index in [2.05, 4.69) is 31.0 Å². The number of carbonyl (C=O) groups is 1. The van der Waals surface area contributed by atoms with E-state index in [0.717, 1.165) is 45.6 Å². The van der Waals surface area contributed by atoms with Crippen molar-refractivity contribution in [3.05, 3.63) is 0 Å². The summed E-state index contributed by atoms with van der Waals surface area (Å²) in [6, 6.07) is 0.550. The number of nitrogens with zero attached hydrogens (tertiary/aromatic N) is 2. The number of piperidine rings is 1. The second kappa shape index (κ2) is 7.07. The topological polar surface area (TPSA) is 55.8 Å². The van der Waals surface area contributed by atoms with Crippen LogP contribution < -0.4 is 5.32 Å². The molecular formula is C16H31N3O2. The first-order valence-corrected chi connectivity index (χ1v) is 8.30. The molecule has 122 valence electrons. The third-order valence-electron chi connectivity index (χ3n) is 4.99. The van der Waals surface area contributed by atoms with Crippen molar-refractivity contribution in [2.45, 2.75) is 52.2 Å². The predicted molar refractivity (Wildman–Crippen MR) is 84.1 cm³/mol. The second-order valence-electron chi connectivity index (χ2n) is 7.35. The molecule has 0 aromatic carbocycles. The third kappa shape index (κ3) is 4.66. The van der Waals surface area contributed by atoms with E-state index in [0.29, 0.717) is 19.0 Å². The molecule has 0 aliphatic carbocycles. The van der Waals surface area contributed by atoms with Crippen LogP contribution in [0, 0.1) is 5.41 Å². The summed E-state index contributed by atoms with van der Waals surface area (Å²) >= 11 is 0. The van der Waals surface area contributed by atoms with Gasteiger partial charge >= 0.3 is 0 Å². The third-order valence-corrected chi connectivity index (χ3v) is 4.99. The van der Waals surface area contributed by atoms with Gasteiger partial charge in [0.05, 0.1) is 6.10 Å². The Kier molecular flexibility index (Phi) is 5.63. The summed E-state index contributed by atoms with van der Waals surface area (Å²) < 4.78 is 0. The normalized spacial score (nSPS) is 30.4. The zero-order valence-corrected chi connectivity index (χ0v) is 13.8. The van der Waals surface area contributed by atoms with Crippen molar-refractivity contribution in [3.63, 3.8) is 0 Å². The molecule has 21 heavy (non-hydrogen) atoms. The minimum absolute atomic E-state index is 0.0618. The number of likely N-dealkylation sites (tertiary alicyclic amines) is 1. The first-order chi connectivity index (χ1) is 9.88. The van der Waals surface area contributed by atoms with Crippen LogP contribution in [-0.4, -0.2) is 72.2 Å². The Hall–Kier alpha value is -0.650. The smallest absolute Gasteiger partial charge is 0.222 e. The SMILES string of the molecule is C[C@H]1CN(CCCC(=O)N2CCC(C)(C)[C@H](O)C2)CCN1. The van der Waals surface area contributed by atoms with Gasteiger partial charge in [-0.1, -0.05) is 13.8 Å².